The molecule has 2 rings (SSSR count). The summed E-state index contributed by atoms with van der Waals surface area (Å²) in [6.45, 7) is 7.10. The highest BCUT2D eigenvalue weighted by molar-refractivity contribution is 5.84. The second kappa shape index (κ2) is 5.14. The number of furan rings is 1. The zero-order chi connectivity index (χ0) is 13.3. The summed E-state index contributed by atoms with van der Waals surface area (Å²) in [7, 11) is 0. The molecule has 0 spiro atoms. The van der Waals surface area contributed by atoms with Gasteiger partial charge in [-0.25, -0.2) is 4.79 Å². The summed E-state index contributed by atoms with van der Waals surface area (Å²) < 4.78 is 5.26. The van der Waals surface area contributed by atoms with Crippen LogP contribution in [0.4, 0.5) is 0 Å². The van der Waals surface area contributed by atoms with E-state index in [0.29, 0.717) is 12.1 Å². The van der Waals surface area contributed by atoms with E-state index in [-0.39, 0.29) is 5.76 Å². The van der Waals surface area contributed by atoms with Crippen molar-refractivity contribution in [2.75, 3.05) is 0 Å². The molecule has 1 aliphatic rings. The minimum absolute atomic E-state index is 0.0415. The summed E-state index contributed by atoms with van der Waals surface area (Å²) in [4.78, 5) is 13.3. The Balaban J connectivity index is 2.15. The van der Waals surface area contributed by atoms with Crippen LogP contribution in [0.3, 0.4) is 0 Å². The van der Waals surface area contributed by atoms with Gasteiger partial charge in [-0.05, 0) is 39.7 Å². The fourth-order valence-corrected chi connectivity index (χ4v) is 2.77. The van der Waals surface area contributed by atoms with Gasteiger partial charge in [0.05, 0.1) is 0 Å². The van der Waals surface area contributed by atoms with Crippen LogP contribution in [0, 0.1) is 6.92 Å². The van der Waals surface area contributed by atoms with Gasteiger partial charge >= 0.3 is 5.97 Å². The monoisotopic (exact) mass is 251 g/mol. The molecule has 1 N–H and O–H groups in total. The van der Waals surface area contributed by atoms with Crippen LogP contribution in [0.15, 0.2) is 10.5 Å². The van der Waals surface area contributed by atoms with Crippen LogP contribution >= 0.6 is 0 Å². The van der Waals surface area contributed by atoms with Gasteiger partial charge in [0.15, 0.2) is 0 Å². The summed E-state index contributed by atoms with van der Waals surface area (Å²) in [5, 5.41) is 8.93. The Morgan fingerprint density at radius 3 is 2.56 bits per heavy atom. The summed E-state index contributed by atoms with van der Waals surface area (Å²) in [6, 6.07) is 2.76. The number of rotatable bonds is 3. The summed E-state index contributed by atoms with van der Waals surface area (Å²) >= 11 is 0. The zero-order valence-electron chi connectivity index (χ0n) is 11.3. The normalized spacial score (nSPS) is 25.3. The maximum Gasteiger partial charge on any atom is 0.371 e. The van der Waals surface area contributed by atoms with E-state index in [1.165, 1.54) is 19.3 Å². The number of carboxylic acid groups (broad SMARTS) is 1. The third kappa shape index (κ3) is 2.58. The van der Waals surface area contributed by atoms with Gasteiger partial charge in [-0.3, -0.25) is 4.90 Å². The van der Waals surface area contributed by atoms with E-state index in [4.69, 9.17) is 9.52 Å². The molecule has 4 nitrogen and oxygen atoms in total. The molecule has 0 aliphatic carbocycles. The Labute approximate surface area is 108 Å². The average Bonchev–Trinajstić information content (AvgIpc) is 2.66. The van der Waals surface area contributed by atoms with Crippen LogP contribution in [0.1, 0.15) is 55.0 Å². The van der Waals surface area contributed by atoms with Gasteiger partial charge in [0.1, 0.15) is 5.76 Å². The first-order chi connectivity index (χ1) is 8.49. The van der Waals surface area contributed by atoms with Gasteiger partial charge in [0.25, 0.3) is 0 Å². The third-order valence-corrected chi connectivity index (χ3v) is 3.96. The molecule has 2 atom stereocenters. The number of nitrogens with zero attached hydrogens (tertiary/aromatic N) is 1. The van der Waals surface area contributed by atoms with Crippen LogP contribution < -0.4 is 0 Å². The van der Waals surface area contributed by atoms with E-state index in [9.17, 15) is 4.79 Å². The highest BCUT2D eigenvalue weighted by Crippen LogP contribution is 2.26. The number of piperidine rings is 1. The van der Waals surface area contributed by atoms with Crippen molar-refractivity contribution in [1.29, 1.82) is 0 Å². The molecule has 1 aliphatic heterocycles. The fraction of sp³-hybridized carbons (Fsp3) is 0.643. The lowest BCUT2D eigenvalue weighted by molar-refractivity contribution is 0.0661. The Morgan fingerprint density at radius 2 is 2.06 bits per heavy atom. The molecule has 1 aromatic rings. The topological polar surface area (TPSA) is 53.7 Å². The van der Waals surface area contributed by atoms with Gasteiger partial charge < -0.3 is 9.52 Å². The first kappa shape index (κ1) is 13.1. The molecule has 1 fully saturated rings. The minimum atomic E-state index is -0.996. The van der Waals surface area contributed by atoms with E-state index >= 15 is 0 Å². The molecule has 100 valence electrons. The molecule has 18 heavy (non-hydrogen) atoms. The molecule has 1 aromatic heterocycles. The smallest absolute Gasteiger partial charge is 0.371 e. The predicted molar refractivity (Wildman–Crippen MR) is 68.7 cm³/mol. The van der Waals surface area contributed by atoms with Crippen LogP contribution in [0.25, 0.3) is 0 Å². The number of aryl methyl sites for hydroxylation is 1. The van der Waals surface area contributed by atoms with E-state index in [1.807, 2.05) is 6.92 Å². The SMILES string of the molecule is Cc1oc(C(=O)O)cc1CN1[C@H](C)CCC[C@@H]1C. The molecule has 0 amide bonds. The predicted octanol–water partition coefficient (Wildman–Crippen LogP) is 3.05. The average molecular weight is 251 g/mol. The van der Waals surface area contributed by atoms with E-state index in [1.54, 1.807) is 6.07 Å². The van der Waals surface area contributed by atoms with Crippen LogP contribution in [-0.2, 0) is 6.54 Å². The van der Waals surface area contributed by atoms with Crippen molar-refractivity contribution in [2.45, 2.75) is 58.7 Å². The van der Waals surface area contributed by atoms with Crippen LogP contribution in [0.2, 0.25) is 0 Å². The van der Waals surface area contributed by atoms with Crippen molar-refractivity contribution in [2.24, 2.45) is 0 Å². The number of carboxylic acids is 1. The molecular formula is C14H21NO3. The Bertz CT molecular complexity index is 428. The van der Waals surface area contributed by atoms with Crippen molar-refractivity contribution in [3.8, 4) is 0 Å². The lowest BCUT2D eigenvalue weighted by Crippen LogP contribution is -2.42. The van der Waals surface area contributed by atoms with Crippen molar-refractivity contribution >= 4 is 5.97 Å². The van der Waals surface area contributed by atoms with Gasteiger partial charge in [-0.1, -0.05) is 6.42 Å². The molecule has 0 aromatic carbocycles. The number of likely N-dealkylation sites (tertiary alicyclic amines) is 1. The number of aromatic carboxylic acids is 1. The van der Waals surface area contributed by atoms with E-state index < -0.39 is 5.97 Å². The molecule has 0 unspecified atom stereocenters. The summed E-state index contributed by atoms with van der Waals surface area (Å²) in [5.74, 6) is -0.235. The Hall–Kier alpha value is -1.29. The third-order valence-electron chi connectivity index (χ3n) is 3.96. The van der Waals surface area contributed by atoms with Crippen molar-refractivity contribution < 1.29 is 14.3 Å². The highest BCUT2D eigenvalue weighted by Gasteiger charge is 2.26. The molecule has 1 saturated heterocycles. The fourth-order valence-electron chi connectivity index (χ4n) is 2.77. The van der Waals surface area contributed by atoms with E-state index in [0.717, 1.165) is 17.9 Å². The standard InChI is InChI=1S/C14H21NO3/c1-9-5-4-6-10(2)15(9)8-12-7-13(14(16)17)18-11(12)3/h7,9-10H,4-6,8H2,1-3H3,(H,16,17)/t9-,10+. The Kier molecular flexibility index (Phi) is 3.76. The maximum atomic E-state index is 10.9. The maximum absolute atomic E-state index is 10.9. The molecule has 4 heteroatoms. The number of carbonyl (C=O) groups is 1. The Morgan fingerprint density at radius 1 is 1.44 bits per heavy atom. The molecular weight excluding hydrogens is 230 g/mol. The van der Waals surface area contributed by atoms with Crippen LogP contribution in [0.5, 0.6) is 0 Å². The number of hydrogen-bond acceptors (Lipinski definition) is 3. The van der Waals surface area contributed by atoms with Gasteiger partial charge in [0, 0.05) is 24.2 Å². The minimum Gasteiger partial charge on any atom is -0.475 e. The second-order valence-corrected chi connectivity index (χ2v) is 5.30. The van der Waals surface area contributed by atoms with Crippen LogP contribution in [-0.4, -0.2) is 28.1 Å². The number of hydrogen-bond donors (Lipinski definition) is 1. The highest BCUT2D eigenvalue weighted by atomic mass is 16.4. The molecule has 0 bridgehead atoms. The lowest BCUT2D eigenvalue weighted by atomic mass is 9.97. The van der Waals surface area contributed by atoms with E-state index in [2.05, 4.69) is 18.7 Å². The first-order valence-electron chi connectivity index (χ1n) is 6.57. The summed E-state index contributed by atoms with van der Waals surface area (Å²) in [6.07, 6.45) is 3.71. The largest absolute Gasteiger partial charge is 0.475 e. The first-order valence-corrected chi connectivity index (χ1v) is 6.57. The molecule has 0 saturated carbocycles. The van der Waals surface area contributed by atoms with Crippen molar-refractivity contribution in [1.82, 2.24) is 4.90 Å². The van der Waals surface area contributed by atoms with Gasteiger partial charge in [0.2, 0.25) is 5.76 Å². The summed E-state index contributed by atoms with van der Waals surface area (Å²) in [5.41, 5.74) is 0.994. The lowest BCUT2D eigenvalue weighted by Gasteiger charge is -2.38. The van der Waals surface area contributed by atoms with Gasteiger partial charge in [-0.2, -0.15) is 0 Å². The quantitative estimate of drug-likeness (QED) is 0.897. The second-order valence-electron chi connectivity index (χ2n) is 5.30. The van der Waals surface area contributed by atoms with Crippen molar-refractivity contribution in [3.63, 3.8) is 0 Å². The van der Waals surface area contributed by atoms with Gasteiger partial charge in [-0.15, -0.1) is 0 Å². The molecule has 0 radical (unpaired) electrons. The zero-order valence-corrected chi connectivity index (χ0v) is 11.3. The van der Waals surface area contributed by atoms with Crippen molar-refractivity contribution in [3.05, 3.63) is 23.2 Å². The molecule has 2 heterocycles.